The minimum absolute atomic E-state index is 0.0207. The Morgan fingerprint density at radius 1 is 0.949 bits per heavy atom. The molecule has 2 aromatic carbocycles. The van der Waals surface area contributed by atoms with Crippen molar-refractivity contribution >= 4 is 51.1 Å². The van der Waals surface area contributed by atoms with Crippen LogP contribution in [0.15, 0.2) is 47.5 Å². The van der Waals surface area contributed by atoms with E-state index in [0.29, 0.717) is 35.9 Å². The summed E-state index contributed by atoms with van der Waals surface area (Å²) in [6.07, 6.45) is 3.76. The van der Waals surface area contributed by atoms with E-state index in [0.717, 1.165) is 43.3 Å². The normalized spacial score (nSPS) is 16.9. The number of nitrogens with one attached hydrogen (secondary N) is 2. The van der Waals surface area contributed by atoms with Gasteiger partial charge in [0.2, 0.25) is 5.95 Å². The zero-order chi connectivity index (χ0) is 44.1. The average Bonchev–Trinajstić information content (AvgIpc) is 3.16. The van der Waals surface area contributed by atoms with Crippen LogP contribution in [-0.2, 0) is 19.4 Å². The Kier molecular flexibility index (Phi) is 19.4. The number of aryl methyl sites for hydroxylation is 1. The summed E-state index contributed by atoms with van der Waals surface area (Å²) in [4.78, 5) is 26.6. The first-order valence-electron chi connectivity index (χ1n) is 21.4. The number of halogens is 1. The summed E-state index contributed by atoms with van der Waals surface area (Å²) in [6, 6.07) is 11.8. The summed E-state index contributed by atoms with van der Waals surface area (Å²) < 4.78 is 36.9. The van der Waals surface area contributed by atoms with Crippen LogP contribution >= 0.6 is 11.6 Å². The van der Waals surface area contributed by atoms with Crippen LogP contribution in [0.25, 0.3) is 0 Å². The third-order valence-corrected chi connectivity index (χ3v) is 12.8. The number of carbonyl (C=O) groups excluding carboxylic acids is 1. The first-order chi connectivity index (χ1) is 27.9. The molecule has 0 radical (unpaired) electrons. The predicted octanol–water partition coefficient (Wildman–Crippen LogP) is 9.33. The highest BCUT2D eigenvalue weighted by Crippen LogP contribution is 2.39. The van der Waals surface area contributed by atoms with Gasteiger partial charge in [-0.25, -0.2) is 13.4 Å². The molecule has 330 valence electrons. The summed E-state index contributed by atoms with van der Waals surface area (Å²) in [5, 5.41) is 6.18. The molecule has 0 spiro atoms. The number of likely N-dealkylation sites (tertiary alicyclic amines) is 3. The molecule has 6 rings (SSSR count). The van der Waals surface area contributed by atoms with E-state index in [4.69, 9.17) is 16.3 Å². The van der Waals surface area contributed by atoms with Gasteiger partial charge >= 0.3 is 0 Å². The number of hydrogen-bond acceptors (Lipinski definition) is 12. The highest BCUT2D eigenvalue weighted by atomic mass is 35.5. The molecule has 0 unspecified atom stereocenters. The fraction of sp³-hybridized carbons (Fsp3) is 0.622. The maximum atomic E-state index is 13.0. The lowest BCUT2D eigenvalue weighted by Crippen LogP contribution is -2.63. The van der Waals surface area contributed by atoms with Crippen molar-refractivity contribution in [2.24, 2.45) is 5.92 Å². The highest BCUT2D eigenvalue weighted by molar-refractivity contribution is 7.92. The molecule has 14 heteroatoms. The molecule has 0 bridgehead atoms. The Morgan fingerprint density at radius 3 is 2.12 bits per heavy atom. The SMILES string of the molecule is CC.CC.CC(C)(C)OC=O.Cc1cc(Nc2ncc(Cl)c(Nc3ccccc3S(=O)(=O)C(C)C)n2)c(OC(C)C)cc1C1CCN(C2CN(CC3CN(C)C3)C2)CC1. The van der Waals surface area contributed by atoms with Gasteiger partial charge in [0.05, 0.1) is 33.8 Å². The summed E-state index contributed by atoms with van der Waals surface area (Å²) >= 11 is 6.50. The molecule has 0 amide bonds. The van der Waals surface area contributed by atoms with Gasteiger partial charge in [0, 0.05) is 38.8 Å². The van der Waals surface area contributed by atoms with Gasteiger partial charge in [-0.3, -0.25) is 14.6 Å². The molecule has 59 heavy (non-hydrogen) atoms. The van der Waals surface area contributed by atoms with Crippen molar-refractivity contribution in [3.05, 3.63) is 58.7 Å². The molecule has 4 heterocycles. The van der Waals surface area contributed by atoms with Crippen molar-refractivity contribution in [1.29, 1.82) is 0 Å². The fourth-order valence-corrected chi connectivity index (χ4v) is 8.72. The lowest BCUT2D eigenvalue weighted by molar-refractivity contribution is -0.138. The van der Waals surface area contributed by atoms with Crippen molar-refractivity contribution in [2.75, 3.05) is 63.5 Å². The first-order valence-corrected chi connectivity index (χ1v) is 23.3. The van der Waals surface area contributed by atoms with E-state index in [1.165, 1.54) is 50.0 Å². The molecule has 0 aliphatic carbocycles. The van der Waals surface area contributed by atoms with Crippen molar-refractivity contribution in [3.63, 3.8) is 0 Å². The lowest BCUT2D eigenvalue weighted by Gasteiger charge is -2.50. The summed E-state index contributed by atoms with van der Waals surface area (Å²) in [6.45, 7) is 31.9. The number of hydrogen-bond donors (Lipinski definition) is 2. The Bertz CT molecular complexity index is 1870. The second-order valence-electron chi connectivity index (χ2n) is 16.7. The largest absolute Gasteiger partial charge is 0.489 e. The van der Waals surface area contributed by atoms with E-state index in [2.05, 4.69) is 66.1 Å². The lowest BCUT2D eigenvalue weighted by atomic mass is 9.85. The van der Waals surface area contributed by atoms with Gasteiger partial charge in [0.25, 0.3) is 6.47 Å². The summed E-state index contributed by atoms with van der Waals surface area (Å²) in [7, 11) is -1.33. The number of carbonyl (C=O) groups is 1. The number of aromatic nitrogens is 2. The van der Waals surface area contributed by atoms with Crippen LogP contribution in [0, 0.1) is 12.8 Å². The summed E-state index contributed by atoms with van der Waals surface area (Å²) in [5.41, 5.74) is 3.40. The number of benzene rings is 2. The molecule has 0 atom stereocenters. The van der Waals surface area contributed by atoms with Gasteiger partial charge in [-0.2, -0.15) is 4.98 Å². The molecule has 3 aromatic rings. The van der Waals surface area contributed by atoms with Gasteiger partial charge < -0.3 is 25.0 Å². The molecule has 3 aliphatic heterocycles. The molecule has 2 N–H and O–H groups in total. The summed E-state index contributed by atoms with van der Waals surface area (Å²) in [5.74, 6) is 2.71. The van der Waals surface area contributed by atoms with Crippen LogP contribution in [0.3, 0.4) is 0 Å². The second kappa shape index (κ2) is 22.9. The first kappa shape index (κ1) is 49.9. The zero-order valence-corrected chi connectivity index (χ0v) is 39.5. The van der Waals surface area contributed by atoms with E-state index < -0.39 is 15.1 Å². The van der Waals surface area contributed by atoms with Crippen LogP contribution in [0.5, 0.6) is 5.75 Å². The van der Waals surface area contributed by atoms with E-state index in [1.807, 2.05) is 62.3 Å². The van der Waals surface area contributed by atoms with Crippen LogP contribution in [0.1, 0.15) is 106 Å². The Morgan fingerprint density at radius 2 is 1.58 bits per heavy atom. The van der Waals surface area contributed by atoms with Crippen LogP contribution < -0.4 is 15.4 Å². The average molecular weight is 859 g/mol. The van der Waals surface area contributed by atoms with Gasteiger partial charge in [0.1, 0.15) is 16.4 Å². The van der Waals surface area contributed by atoms with Gasteiger partial charge in [-0.1, -0.05) is 51.4 Å². The monoisotopic (exact) mass is 858 g/mol. The molecular weight excluding hydrogens is 786 g/mol. The molecule has 3 aliphatic rings. The van der Waals surface area contributed by atoms with Crippen LogP contribution in [0.4, 0.5) is 23.1 Å². The van der Waals surface area contributed by atoms with E-state index in [1.54, 1.807) is 38.1 Å². The molecule has 12 nitrogen and oxygen atoms in total. The van der Waals surface area contributed by atoms with E-state index in [9.17, 15) is 13.2 Å². The molecule has 0 saturated carbocycles. The number of para-hydroxylation sites is 1. The predicted molar refractivity (Wildman–Crippen MR) is 244 cm³/mol. The maximum Gasteiger partial charge on any atom is 0.293 e. The Labute approximate surface area is 360 Å². The molecule has 3 fully saturated rings. The van der Waals surface area contributed by atoms with Crippen molar-refractivity contribution < 1.29 is 22.7 Å². The third-order valence-electron chi connectivity index (χ3n) is 10.3. The van der Waals surface area contributed by atoms with E-state index in [-0.39, 0.29) is 21.6 Å². The second-order valence-corrected chi connectivity index (χ2v) is 19.6. The van der Waals surface area contributed by atoms with Crippen molar-refractivity contribution in [3.8, 4) is 5.75 Å². The van der Waals surface area contributed by atoms with Crippen molar-refractivity contribution in [2.45, 2.75) is 130 Å². The number of ether oxygens (including phenoxy) is 2. The Balaban J connectivity index is 0.000000758. The highest BCUT2D eigenvalue weighted by Gasteiger charge is 2.37. The molecule has 1 aromatic heterocycles. The minimum Gasteiger partial charge on any atom is -0.489 e. The molecule has 3 saturated heterocycles. The van der Waals surface area contributed by atoms with Gasteiger partial charge in [-0.15, -0.1) is 0 Å². The number of rotatable bonds is 13. The van der Waals surface area contributed by atoms with E-state index >= 15 is 0 Å². The topological polar surface area (TPSA) is 129 Å². The van der Waals surface area contributed by atoms with Crippen LogP contribution in [0.2, 0.25) is 5.02 Å². The zero-order valence-electron chi connectivity index (χ0n) is 37.9. The number of piperidine rings is 1. The smallest absolute Gasteiger partial charge is 0.293 e. The Hall–Kier alpha value is -3.49. The standard InChI is InChI=1S/C36H50ClN7O3S.C5H10O2.2C2H6/c1-23(2)47-33-16-29(27-11-13-44(14-12-27)28-21-43(22-28)20-26-18-42(6)19-26)25(5)15-32(33)40-36-38-17-30(37)35(41-36)39-31-9-7-8-10-34(31)48(45,46)24(3)4;1-5(2,3)7-4-6;2*1-2/h7-10,15-17,23-24,26-28H,11-14,18-22H2,1-6H3,(H2,38,39,40,41);4H,1-3H3;2*1-2H3. The number of nitrogens with zero attached hydrogens (tertiary/aromatic N) is 5. The maximum absolute atomic E-state index is 13.0. The number of sulfone groups is 1. The number of anilines is 4. The molecular formula is C45H72ClN7O5S. The van der Waals surface area contributed by atoms with Crippen LogP contribution in [-0.4, -0.2) is 115 Å². The third kappa shape index (κ3) is 14.3. The minimum atomic E-state index is -3.53. The van der Waals surface area contributed by atoms with Gasteiger partial charge in [-0.05, 0) is 136 Å². The van der Waals surface area contributed by atoms with Gasteiger partial charge in [0.15, 0.2) is 15.7 Å². The van der Waals surface area contributed by atoms with Crippen molar-refractivity contribution in [1.82, 2.24) is 24.7 Å². The quantitative estimate of drug-likeness (QED) is 0.159. The fourth-order valence-electron chi connectivity index (χ4n) is 7.38.